The number of carboxylic acid groups (broad SMARTS) is 1. The summed E-state index contributed by atoms with van der Waals surface area (Å²) in [6, 6.07) is -0.176. The quantitative estimate of drug-likeness (QED) is 0.591. The molecule has 1 saturated carbocycles. The van der Waals surface area contributed by atoms with Gasteiger partial charge < -0.3 is 21.1 Å². The fourth-order valence-corrected chi connectivity index (χ4v) is 2.77. The molecule has 1 unspecified atom stereocenters. The van der Waals surface area contributed by atoms with Crippen LogP contribution in [0, 0.1) is 5.92 Å². The van der Waals surface area contributed by atoms with E-state index in [0.717, 1.165) is 6.42 Å². The van der Waals surface area contributed by atoms with Crippen molar-refractivity contribution in [3.63, 3.8) is 0 Å². The molecule has 1 aliphatic heterocycles. The molecule has 0 radical (unpaired) electrons. The van der Waals surface area contributed by atoms with Gasteiger partial charge >= 0.3 is 12.0 Å². The second-order valence-corrected chi connectivity index (χ2v) is 5.54. The summed E-state index contributed by atoms with van der Waals surface area (Å²) in [5, 5.41) is 17.3. The summed E-state index contributed by atoms with van der Waals surface area (Å²) < 4.78 is 0. The number of carbonyl (C=O) groups is 3. The average Bonchev–Trinajstić information content (AvgIpc) is 2.83. The molecule has 2 rings (SSSR count). The maximum absolute atomic E-state index is 11.7. The van der Waals surface area contributed by atoms with Crippen LogP contribution in [0.15, 0.2) is 0 Å². The minimum Gasteiger partial charge on any atom is -0.481 e. The van der Waals surface area contributed by atoms with E-state index in [1.807, 2.05) is 0 Å². The molecule has 20 heavy (non-hydrogen) atoms. The van der Waals surface area contributed by atoms with E-state index < -0.39 is 5.97 Å². The molecule has 0 spiro atoms. The maximum Gasteiger partial charge on any atom is 0.315 e. The van der Waals surface area contributed by atoms with Crippen LogP contribution in [0.4, 0.5) is 4.79 Å². The molecule has 0 aromatic heterocycles. The van der Waals surface area contributed by atoms with Gasteiger partial charge in [-0.25, -0.2) is 4.79 Å². The second kappa shape index (κ2) is 6.58. The van der Waals surface area contributed by atoms with E-state index in [2.05, 4.69) is 16.0 Å². The molecule has 3 amide bonds. The monoisotopic (exact) mass is 283 g/mol. The third-order valence-electron chi connectivity index (χ3n) is 4.01. The molecule has 2 fully saturated rings. The SMILES string of the molecule is O=C1CCC(CNC(=O)NC2CCC(C(=O)O)CC2)N1. The van der Waals surface area contributed by atoms with Crippen LogP contribution in [-0.4, -0.2) is 41.6 Å². The van der Waals surface area contributed by atoms with Gasteiger partial charge in [0.05, 0.1) is 5.92 Å². The first-order chi connectivity index (χ1) is 9.54. The smallest absolute Gasteiger partial charge is 0.315 e. The largest absolute Gasteiger partial charge is 0.481 e. The van der Waals surface area contributed by atoms with Crippen molar-refractivity contribution < 1.29 is 19.5 Å². The number of carboxylic acids is 1. The Hall–Kier alpha value is -1.79. The van der Waals surface area contributed by atoms with Gasteiger partial charge in [0, 0.05) is 25.0 Å². The van der Waals surface area contributed by atoms with Crippen LogP contribution in [0.2, 0.25) is 0 Å². The topological polar surface area (TPSA) is 108 Å². The fraction of sp³-hybridized carbons (Fsp3) is 0.769. The molecular formula is C13H21N3O4. The zero-order valence-electron chi connectivity index (χ0n) is 11.4. The highest BCUT2D eigenvalue weighted by Gasteiger charge is 2.27. The van der Waals surface area contributed by atoms with Gasteiger partial charge in [0.1, 0.15) is 0 Å². The Morgan fingerprint density at radius 3 is 2.45 bits per heavy atom. The zero-order valence-corrected chi connectivity index (χ0v) is 11.4. The average molecular weight is 283 g/mol. The molecule has 0 aromatic rings. The summed E-state index contributed by atoms with van der Waals surface area (Å²) in [6.45, 7) is 0.433. The van der Waals surface area contributed by atoms with Gasteiger partial charge in [-0.1, -0.05) is 0 Å². The van der Waals surface area contributed by atoms with Crippen molar-refractivity contribution in [1.29, 1.82) is 0 Å². The van der Waals surface area contributed by atoms with Crippen LogP contribution in [-0.2, 0) is 9.59 Å². The summed E-state index contributed by atoms with van der Waals surface area (Å²) in [7, 11) is 0. The number of urea groups is 1. The highest BCUT2D eigenvalue weighted by molar-refractivity contribution is 5.79. The third kappa shape index (κ3) is 4.11. The van der Waals surface area contributed by atoms with Crippen LogP contribution in [0.25, 0.3) is 0 Å². The van der Waals surface area contributed by atoms with E-state index in [1.54, 1.807) is 0 Å². The Kier molecular flexibility index (Phi) is 4.81. The van der Waals surface area contributed by atoms with Gasteiger partial charge in [-0.2, -0.15) is 0 Å². The molecule has 7 heteroatoms. The van der Waals surface area contributed by atoms with Crippen LogP contribution in [0.3, 0.4) is 0 Å². The molecular weight excluding hydrogens is 262 g/mol. The van der Waals surface area contributed by atoms with Crippen LogP contribution < -0.4 is 16.0 Å². The first kappa shape index (κ1) is 14.6. The van der Waals surface area contributed by atoms with Crippen LogP contribution in [0.5, 0.6) is 0 Å². The van der Waals surface area contributed by atoms with Crippen molar-refractivity contribution in [3.05, 3.63) is 0 Å². The lowest BCUT2D eigenvalue weighted by Gasteiger charge is -2.27. The second-order valence-electron chi connectivity index (χ2n) is 5.54. The summed E-state index contributed by atoms with van der Waals surface area (Å²) in [4.78, 5) is 33.6. The number of hydrogen-bond acceptors (Lipinski definition) is 3. The van der Waals surface area contributed by atoms with Gasteiger partial charge in [-0.05, 0) is 32.1 Å². The lowest BCUT2D eigenvalue weighted by Crippen LogP contribution is -2.47. The molecule has 7 nitrogen and oxygen atoms in total. The number of carbonyl (C=O) groups excluding carboxylic acids is 2. The number of nitrogens with one attached hydrogen (secondary N) is 3. The molecule has 4 N–H and O–H groups in total. The van der Waals surface area contributed by atoms with Gasteiger partial charge in [-0.15, -0.1) is 0 Å². The third-order valence-corrected chi connectivity index (χ3v) is 4.01. The van der Waals surface area contributed by atoms with E-state index in [0.29, 0.717) is 38.6 Å². The number of aliphatic carboxylic acids is 1. The van der Waals surface area contributed by atoms with Crippen molar-refractivity contribution in [2.45, 2.75) is 50.6 Å². The Bertz CT molecular complexity index is 391. The minimum absolute atomic E-state index is 0.0241. The lowest BCUT2D eigenvalue weighted by molar-refractivity contribution is -0.142. The first-order valence-electron chi connectivity index (χ1n) is 7.11. The van der Waals surface area contributed by atoms with Crippen molar-refractivity contribution in [2.75, 3.05) is 6.54 Å². The van der Waals surface area contributed by atoms with Crippen molar-refractivity contribution in [1.82, 2.24) is 16.0 Å². The summed E-state index contributed by atoms with van der Waals surface area (Å²) in [5.41, 5.74) is 0. The van der Waals surface area contributed by atoms with E-state index in [4.69, 9.17) is 5.11 Å². The first-order valence-corrected chi connectivity index (χ1v) is 7.11. The number of rotatable bonds is 4. The molecule has 0 bridgehead atoms. The van der Waals surface area contributed by atoms with E-state index in [-0.39, 0.29) is 29.9 Å². The molecule has 112 valence electrons. The van der Waals surface area contributed by atoms with E-state index in [9.17, 15) is 14.4 Å². The van der Waals surface area contributed by atoms with Crippen LogP contribution in [0.1, 0.15) is 38.5 Å². The Morgan fingerprint density at radius 1 is 1.20 bits per heavy atom. The molecule has 2 aliphatic rings. The Balaban J connectivity index is 1.63. The summed E-state index contributed by atoms with van der Waals surface area (Å²) in [5.74, 6) is -0.987. The predicted molar refractivity (Wildman–Crippen MR) is 71.1 cm³/mol. The minimum atomic E-state index is -0.745. The fourth-order valence-electron chi connectivity index (χ4n) is 2.77. The summed E-state index contributed by atoms with van der Waals surface area (Å²) in [6.07, 6.45) is 3.89. The molecule has 0 aromatic carbocycles. The molecule has 1 aliphatic carbocycles. The van der Waals surface area contributed by atoms with Gasteiger partial charge in [0.15, 0.2) is 0 Å². The highest BCUT2D eigenvalue weighted by atomic mass is 16.4. The number of amides is 3. The van der Waals surface area contributed by atoms with E-state index in [1.165, 1.54) is 0 Å². The molecule has 1 saturated heterocycles. The number of hydrogen-bond donors (Lipinski definition) is 4. The Labute approximate surface area is 117 Å². The Morgan fingerprint density at radius 2 is 1.90 bits per heavy atom. The van der Waals surface area contributed by atoms with Gasteiger partial charge in [-0.3, -0.25) is 9.59 Å². The standard InChI is InChI=1S/C13H21N3O4/c17-11-6-5-10(15-11)7-14-13(20)16-9-3-1-8(2-4-9)12(18)19/h8-10H,1-7H2,(H,15,17)(H,18,19)(H2,14,16,20). The maximum atomic E-state index is 11.7. The zero-order chi connectivity index (χ0) is 14.5. The highest BCUT2D eigenvalue weighted by Crippen LogP contribution is 2.24. The lowest BCUT2D eigenvalue weighted by atomic mass is 9.86. The molecule has 1 heterocycles. The van der Waals surface area contributed by atoms with Gasteiger partial charge in [0.2, 0.25) is 5.91 Å². The van der Waals surface area contributed by atoms with Crippen molar-refractivity contribution in [2.24, 2.45) is 5.92 Å². The van der Waals surface area contributed by atoms with Crippen molar-refractivity contribution >= 4 is 17.9 Å². The van der Waals surface area contributed by atoms with Crippen molar-refractivity contribution in [3.8, 4) is 0 Å². The molecule has 1 atom stereocenters. The summed E-state index contributed by atoms with van der Waals surface area (Å²) >= 11 is 0. The normalized spacial score (nSPS) is 29.6. The van der Waals surface area contributed by atoms with Gasteiger partial charge in [0.25, 0.3) is 0 Å². The predicted octanol–water partition coefficient (Wildman–Crippen LogP) is 0.208. The van der Waals surface area contributed by atoms with E-state index >= 15 is 0 Å². The van der Waals surface area contributed by atoms with Crippen LogP contribution >= 0.6 is 0 Å².